The predicted octanol–water partition coefficient (Wildman–Crippen LogP) is 0.929. The van der Waals surface area contributed by atoms with Crippen molar-refractivity contribution in [2.75, 3.05) is 26.7 Å². The van der Waals surface area contributed by atoms with Crippen molar-refractivity contribution < 1.29 is 0 Å². The molecule has 1 heterocycles. The van der Waals surface area contributed by atoms with Crippen molar-refractivity contribution in [2.45, 2.75) is 0 Å². The molecule has 0 saturated heterocycles. The first-order valence-electron chi connectivity index (χ1n) is 5.39. The topological polar surface area (TPSA) is 27.6 Å². The number of hydrogen-bond donors (Lipinski definition) is 1. The van der Waals surface area contributed by atoms with Crippen molar-refractivity contribution in [1.29, 1.82) is 0 Å². The molecule has 0 radical (unpaired) electrons. The molecule has 0 fully saturated rings. The first-order valence-corrected chi connectivity index (χ1v) is 5.39. The van der Waals surface area contributed by atoms with Gasteiger partial charge in [0.15, 0.2) is 5.96 Å². The van der Waals surface area contributed by atoms with Crippen LogP contribution in [0.15, 0.2) is 35.3 Å². The van der Waals surface area contributed by atoms with Crippen LogP contribution in [0.25, 0.3) is 0 Å². The number of aliphatic imine (C=N–C) groups is 1. The summed E-state index contributed by atoms with van der Waals surface area (Å²) in [7, 11) is 2.03. The Morgan fingerprint density at radius 2 is 2.19 bits per heavy atom. The highest BCUT2D eigenvalue weighted by atomic mass is 15.3. The van der Waals surface area contributed by atoms with Gasteiger partial charge in [0.05, 0.1) is 13.1 Å². The fraction of sp³-hybridized carbons (Fsp3) is 0.308. The molecule has 2 rings (SSSR count). The van der Waals surface area contributed by atoms with E-state index in [0.717, 1.165) is 24.6 Å². The molecule has 0 bridgehead atoms. The van der Waals surface area contributed by atoms with Gasteiger partial charge >= 0.3 is 0 Å². The van der Waals surface area contributed by atoms with E-state index in [-0.39, 0.29) is 0 Å². The monoisotopic (exact) mass is 213 g/mol. The van der Waals surface area contributed by atoms with E-state index in [2.05, 4.69) is 27.0 Å². The SMILES string of the molecule is CN1CCN=C1NCC#Cc1ccccc1. The summed E-state index contributed by atoms with van der Waals surface area (Å²) in [4.78, 5) is 6.43. The van der Waals surface area contributed by atoms with E-state index >= 15 is 0 Å². The van der Waals surface area contributed by atoms with Crippen molar-refractivity contribution in [1.82, 2.24) is 10.2 Å². The number of nitrogens with zero attached hydrogens (tertiary/aromatic N) is 2. The summed E-state index contributed by atoms with van der Waals surface area (Å²) in [6.07, 6.45) is 0. The summed E-state index contributed by atoms with van der Waals surface area (Å²) < 4.78 is 0. The number of hydrogen-bond acceptors (Lipinski definition) is 3. The predicted molar refractivity (Wildman–Crippen MR) is 66.3 cm³/mol. The maximum Gasteiger partial charge on any atom is 0.194 e. The Morgan fingerprint density at radius 1 is 1.38 bits per heavy atom. The summed E-state index contributed by atoms with van der Waals surface area (Å²) in [6.45, 7) is 2.51. The summed E-state index contributed by atoms with van der Waals surface area (Å²) in [5.74, 6) is 7.12. The third-order valence-corrected chi connectivity index (χ3v) is 2.40. The number of likely N-dealkylation sites (N-methyl/N-ethyl adjacent to an activating group) is 1. The normalized spacial score (nSPS) is 14.1. The highest BCUT2D eigenvalue weighted by molar-refractivity contribution is 5.81. The average molecular weight is 213 g/mol. The zero-order valence-corrected chi connectivity index (χ0v) is 9.40. The molecule has 16 heavy (non-hydrogen) atoms. The van der Waals surface area contributed by atoms with E-state index in [9.17, 15) is 0 Å². The zero-order valence-electron chi connectivity index (χ0n) is 9.40. The van der Waals surface area contributed by atoms with Gasteiger partial charge in [-0.15, -0.1) is 0 Å². The van der Waals surface area contributed by atoms with Gasteiger partial charge in [-0.3, -0.25) is 4.99 Å². The van der Waals surface area contributed by atoms with Crippen molar-refractivity contribution in [3.8, 4) is 11.8 Å². The highest BCUT2D eigenvalue weighted by Crippen LogP contribution is 1.95. The molecule has 0 atom stereocenters. The molecule has 3 heteroatoms. The van der Waals surface area contributed by atoms with Crippen molar-refractivity contribution in [3.63, 3.8) is 0 Å². The van der Waals surface area contributed by atoms with E-state index in [1.165, 1.54) is 0 Å². The molecule has 0 amide bonds. The molecule has 0 unspecified atom stereocenters. The number of nitrogens with one attached hydrogen (secondary N) is 1. The van der Waals surface area contributed by atoms with E-state index in [1.807, 2.05) is 37.4 Å². The minimum Gasteiger partial charge on any atom is -0.345 e. The first kappa shape index (κ1) is 10.6. The van der Waals surface area contributed by atoms with E-state index in [0.29, 0.717) is 6.54 Å². The molecular formula is C13H15N3. The van der Waals surface area contributed by atoms with Crippen molar-refractivity contribution in [2.24, 2.45) is 4.99 Å². The van der Waals surface area contributed by atoms with Crippen LogP contribution in [0.5, 0.6) is 0 Å². The quantitative estimate of drug-likeness (QED) is 0.703. The van der Waals surface area contributed by atoms with E-state index in [1.54, 1.807) is 0 Å². The maximum atomic E-state index is 4.32. The van der Waals surface area contributed by atoms with Crippen LogP contribution < -0.4 is 5.32 Å². The van der Waals surface area contributed by atoms with Gasteiger partial charge in [0.25, 0.3) is 0 Å². The molecule has 3 nitrogen and oxygen atoms in total. The van der Waals surface area contributed by atoms with E-state index < -0.39 is 0 Å². The molecule has 1 aromatic rings. The minimum absolute atomic E-state index is 0.637. The Morgan fingerprint density at radius 3 is 2.88 bits per heavy atom. The first-order chi connectivity index (χ1) is 7.86. The van der Waals surface area contributed by atoms with Crippen LogP contribution >= 0.6 is 0 Å². The van der Waals surface area contributed by atoms with Gasteiger partial charge in [-0.25, -0.2) is 0 Å². The fourth-order valence-corrected chi connectivity index (χ4v) is 1.51. The number of rotatable bonds is 1. The molecule has 0 saturated carbocycles. The Bertz CT molecular complexity index is 425. The van der Waals surface area contributed by atoms with Gasteiger partial charge in [0.1, 0.15) is 0 Å². The second kappa shape index (κ2) is 5.22. The number of benzene rings is 1. The summed E-state index contributed by atoms with van der Waals surface area (Å²) in [5.41, 5.74) is 1.05. The largest absolute Gasteiger partial charge is 0.345 e. The highest BCUT2D eigenvalue weighted by Gasteiger charge is 2.09. The van der Waals surface area contributed by atoms with Crippen LogP contribution in [0, 0.1) is 11.8 Å². The average Bonchev–Trinajstić information content (AvgIpc) is 2.72. The Hall–Kier alpha value is -1.95. The minimum atomic E-state index is 0.637. The lowest BCUT2D eigenvalue weighted by Gasteiger charge is -2.13. The maximum absolute atomic E-state index is 4.32. The standard InChI is InChI=1S/C13H15N3/c1-16-11-10-15-13(16)14-9-5-8-12-6-3-2-4-7-12/h2-4,6-7H,9-11H2,1H3,(H,14,15). The molecule has 82 valence electrons. The van der Waals surface area contributed by atoms with Gasteiger partial charge in [0.2, 0.25) is 0 Å². The molecular weight excluding hydrogens is 198 g/mol. The zero-order chi connectivity index (χ0) is 11.2. The summed E-state index contributed by atoms with van der Waals surface area (Å²) >= 11 is 0. The van der Waals surface area contributed by atoms with Gasteiger partial charge in [0, 0.05) is 19.2 Å². The van der Waals surface area contributed by atoms with Crippen LogP contribution in [0.1, 0.15) is 5.56 Å². The van der Waals surface area contributed by atoms with E-state index in [4.69, 9.17) is 0 Å². The Balaban J connectivity index is 1.83. The molecule has 0 aliphatic carbocycles. The summed E-state index contributed by atoms with van der Waals surface area (Å²) in [6, 6.07) is 9.99. The smallest absolute Gasteiger partial charge is 0.194 e. The fourth-order valence-electron chi connectivity index (χ4n) is 1.51. The number of guanidine groups is 1. The second-order valence-corrected chi connectivity index (χ2v) is 3.65. The Labute approximate surface area is 96.2 Å². The molecule has 1 aliphatic rings. The molecule has 0 aromatic heterocycles. The summed E-state index contributed by atoms with van der Waals surface area (Å²) in [5, 5.41) is 3.20. The third-order valence-electron chi connectivity index (χ3n) is 2.40. The van der Waals surface area contributed by atoms with Crippen LogP contribution in [-0.2, 0) is 0 Å². The molecule has 1 aromatic carbocycles. The van der Waals surface area contributed by atoms with Gasteiger partial charge in [-0.1, -0.05) is 30.0 Å². The van der Waals surface area contributed by atoms with Crippen LogP contribution in [-0.4, -0.2) is 37.5 Å². The lowest BCUT2D eigenvalue weighted by molar-refractivity contribution is 0.538. The lowest BCUT2D eigenvalue weighted by atomic mass is 10.2. The van der Waals surface area contributed by atoms with Crippen LogP contribution in [0.2, 0.25) is 0 Å². The molecule has 0 spiro atoms. The van der Waals surface area contributed by atoms with Crippen molar-refractivity contribution >= 4 is 5.96 Å². The molecule has 1 N–H and O–H groups in total. The van der Waals surface area contributed by atoms with Gasteiger partial charge in [-0.2, -0.15) is 0 Å². The van der Waals surface area contributed by atoms with Gasteiger partial charge in [-0.05, 0) is 12.1 Å². The second-order valence-electron chi connectivity index (χ2n) is 3.65. The van der Waals surface area contributed by atoms with Crippen LogP contribution in [0.3, 0.4) is 0 Å². The third kappa shape index (κ3) is 2.77. The Kier molecular flexibility index (Phi) is 3.45. The van der Waals surface area contributed by atoms with Gasteiger partial charge < -0.3 is 10.2 Å². The van der Waals surface area contributed by atoms with Crippen molar-refractivity contribution in [3.05, 3.63) is 35.9 Å². The lowest BCUT2D eigenvalue weighted by Crippen LogP contribution is -2.35. The van der Waals surface area contributed by atoms with Crippen LogP contribution in [0.4, 0.5) is 0 Å². The molecule has 1 aliphatic heterocycles.